The number of ether oxygens (including phenoxy) is 2. The van der Waals surface area contributed by atoms with Gasteiger partial charge in [0.25, 0.3) is 0 Å². The number of piperazine rings is 2. The number of aliphatic imine (C=N–C) groups is 1. The number of hydrogen-bond acceptors (Lipinski definition) is 11. The Morgan fingerprint density at radius 3 is 1.72 bits per heavy atom. The molecular weight excluding hydrogens is 781 g/mol. The van der Waals surface area contributed by atoms with Crippen LogP contribution in [0.5, 0.6) is 11.5 Å². The highest BCUT2D eigenvalue weighted by atomic mass is 79.9. The molecule has 3 heterocycles. The molecule has 3 aliphatic rings. The summed E-state index contributed by atoms with van der Waals surface area (Å²) in [4.78, 5) is 26.2. The normalized spacial score (nSPS) is 20.2. The average molecular weight is 846 g/mol. The smallest absolute Gasteiger partial charge is 0.195 e. The van der Waals surface area contributed by atoms with E-state index in [9.17, 15) is 9.59 Å². The Morgan fingerprint density at radius 2 is 1.32 bits per heavy atom. The van der Waals surface area contributed by atoms with Crippen molar-refractivity contribution >= 4 is 62.1 Å². The number of benzene rings is 2. The standard InChI is InChI=1S/C13H19ClN2O.C7H6BrClO.C7H11N.C6H14N2.C4H6O2.C2H8N2/c1-9-10(2)16(7-6-15-9)11-4-5-12(14)13(8-11)17-3;1-10-7-4-5(8)2-3-6(7)9;1-6-4-3-5-8-7(6)2;1-5-6(2)8-4-3-7-5;1-3(5)4(2)6;3-1-2-4/h4-5,8-10,15H,6-7H2,1-3H3;2-4H,1H3;4H,3,5H2,1-2H3;5-8H,3-4H2,1-2H3;1-2H3;1-4H2/t9-,10+;;;5-,6+;;/m1...../s1. The summed E-state index contributed by atoms with van der Waals surface area (Å²) in [7, 11) is 3.24. The van der Waals surface area contributed by atoms with Crippen molar-refractivity contribution in [3.63, 3.8) is 0 Å². The Hall–Kier alpha value is -2.55. The minimum Gasteiger partial charge on any atom is -0.495 e. The average Bonchev–Trinajstić information content (AvgIpc) is 3.14. The summed E-state index contributed by atoms with van der Waals surface area (Å²) in [5, 5.41) is 11.5. The first-order valence-corrected chi connectivity index (χ1v) is 19.5. The monoisotopic (exact) mass is 843 g/mol. The number of allylic oxidation sites excluding steroid dienone is 1. The molecule has 7 N–H and O–H groups in total. The van der Waals surface area contributed by atoms with Crippen molar-refractivity contribution in [2.45, 2.75) is 86.0 Å². The predicted octanol–water partition coefficient (Wildman–Crippen LogP) is 6.47. The van der Waals surface area contributed by atoms with Crippen molar-refractivity contribution in [3.8, 4) is 11.5 Å². The summed E-state index contributed by atoms with van der Waals surface area (Å²) < 4.78 is 11.2. The van der Waals surface area contributed by atoms with Gasteiger partial charge in [0.2, 0.25) is 0 Å². The topological polar surface area (TPSA) is 156 Å². The van der Waals surface area contributed by atoms with E-state index in [1.165, 1.54) is 30.8 Å². The second kappa shape index (κ2) is 28.8. The van der Waals surface area contributed by atoms with Crippen LogP contribution in [0.1, 0.15) is 61.8 Å². The van der Waals surface area contributed by atoms with Crippen LogP contribution >= 0.6 is 39.1 Å². The molecule has 14 heteroatoms. The summed E-state index contributed by atoms with van der Waals surface area (Å²) in [6.45, 7) is 22.0. The molecule has 5 rings (SSSR count). The van der Waals surface area contributed by atoms with E-state index in [1.807, 2.05) is 24.3 Å². The molecule has 2 fully saturated rings. The van der Waals surface area contributed by atoms with Crippen molar-refractivity contribution < 1.29 is 19.1 Å². The molecule has 0 bridgehead atoms. The van der Waals surface area contributed by atoms with Crippen LogP contribution in [0.3, 0.4) is 0 Å². The maximum absolute atomic E-state index is 9.79. The number of Topliss-reactive ketones (excluding diaryl/α,β-unsaturated/α-hetero) is 2. The molecule has 0 aromatic heterocycles. The van der Waals surface area contributed by atoms with E-state index in [0.717, 1.165) is 49.4 Å². The molecule has 0 radical (unpaired) electrons. The zero-order chi connectivity index (χ0) is 40.5. The Kier molecular flexibility index (Phi) is 27.4. The molecule has 0 amide bonds. The van der Waals surface area contributed by atoms with Gasteiger partial charge in [-0.05, 0) is 83.9 Å². The number of nitrogens with one attached hydrogen (secondary N) is 3. The highest BCUT2D eigenvalue weighted by Crippen LogP contribution is 2.31. The number of dihydropyridines is 1. The van der Waals surface area contributed by atoms with E-state index < -0.39 is 0 Å². The Labute approximate surface area is 337 Å². The van der Waals surface area contributed by atoms with Gasteiger partial charge in [-0.3, -0.25) is 14.6 Å². The van der Waals surface area contributed by atoms with Crippen LogP contribution in [-0.2, 0) is 9.59 Å². The minimum atomic E-state index is -0.380. The second-order valence-corrected chi connectivity index (χ2v) is 14.3. The Balaban J connectivity index is 0.000000653. The minimum absolute atomic E-state index is 0.380. The molecule has 300 valence electrons. The molecule has 4 atom stereocenters. The number of carbonyl (C=O) groups is 2. The lowest BCUT2D eigenvalue weighted by molar-refractivity contribution is -0.134. The number of rotatable bonds is 5. The molecule has 0 aliphatic carbocycles. The van der Waals surface area contributed by atoms with Crippen molar-refractivity contribution in [2.24, 2.45) is 16.5 Å². The van der Waals surface area contributed by atoms with Crippen LogP contribution in [0.15, 0.2) is 57.5 Å². The maximum atomic E-state index is 9.79. The number of ketones is 2. The molecule has 53 heavy (non-hydrogen) atoms. The first-order chi connectivity index (χ1) is 25.0. The van der Waals surface area contributed by atoms with E-state index in [4.69, 9.17) is 44.1 Å². The molecule has 2 saturated heterocycles. The van der Waals surface area contributed by atoms with Crippen LogP contribution in [0.25, 0.3) is 0 Å². The van der Waals surface area contributed by atoms with Crippen molar-refractivity contribution in [2.75, 3.05) is 64.9 Å². The van der Waals surface area contributed by atoms with Gasteiger partial charge in [-0.25, -0.2) is 0 Å². The number of halogens is 3. The SMILES string of the molecule is CC(=O)C(C)=O.CC1=CCCN=C1C.COc1cc(Br)ccc1Cl.COc1cc(N2CCN[C@H](C)[C@@H]2C)ccc1Cl.C[C@@H]1NCCN[C@@H]1C.NCCN. The highest BCUT2D eigenvalue weighted by Gasteiger charge is 2.24. The lowest BCUT2D eigenvalue weighted by Gasteiger charge is -2.40. The highest BCUT2D eigenvalue weighted by molar-refractivity contribution is 9.10. The zero-order valence-corrected chi connectivity index (χ0v) is 36.4. The van der Waals surface area contributed by atoms with Crippen LogP contribution in [-0.4, -0.2) is 101 Å². The molecular formula is C39H64BrCl2N7O4. The summed E-state index contributed by atoms with van der Waals surface area (Å²) in [5.74, 6) is 0.670. The van der Waals surface area contributed by atoms with Gasteiger partial charge in [0, 0.05) is 106 Å². The molecule has 0 unspecified atom stereocenters. The van der Waals surface area contributed by atoms with E-state index in [2.05, 4.69) is 95.5 Å². The lowest BCUT2D eigenvalue weighted by atomic mass is 10.1. The van der Waals surface area contributed by atoms with Gasteiger partial charge in [-0.15, -0.1) is 0 Å². The molecule has 0 spiro atoms. The number of methoxy groups -OCH3 is 2. The van der Waals surface area contributed by atoms with E-state index in [1.54, 1.807) is 20.3 Å². The Bertz CT molecular complexity index is 1390. The van der Waals surface area contributed by atoms with Crippen molar-refractivity contribution in [3.05, 3.63) is 62.6 Å². The Morgan fingerprint density at radius 1 is 0.830 bits per heavy atom. The third-order valence-corrected chi connectivity index (χ3v) is 9.70. The van der Waals surface area contributed by atoms with Crippen LogP contribution < -0.4 is 41.8 Å². The number of nitrogens with two attached hydrogens (primary N) is 2. The van der Waals surface area contributed by atoms with Crippen molar-refractivity contribution in [1.29, 1.82) is 0 Å². The van der Waals surface area contributed by atoms with Gasteiger partial charge in [0.15, 0.2) is 11.6 Å². The third-order valence-electron chi connectivity index (χ3n) is 8.58. The molecule has 3 aliphatic heterocycles. The van der Waals surface area contributed by atoms with E-state index in [0.29, 0.717) is 53.1 Å². The first-order valence-electron chi connectivity index (χ1n) is 17.9. The summed E-state index contributed by atoms with van der Waals surface area (Å²) in [5.41, 5.74) is 13.5. The number of anilines is 1. The van der Waals surface area contributed by atoms with Crippen LogP contribution in [0.2, 0.25) is 10.0 Å². The number of hydrogen-bond donors (Lipinski definition) is 5. The van der Waals surface area contributed by atoms with Gasteiger partial charge in [-0.1, -0.05) is 45.2 Å². The quantitative estimate of drug-likeness (QED) is 0.212. The van der Waals surface area contributed by atoms with E-state index >= 15 is 0 Å². The third kappa shape index (κ3) is 21.2. The molecule has 11 nitrogen and oxygen atoms in total. The lowest BCUT2D eigenvalue weighted by Crippen LogP contribution is -2.55. The largest absolute Gasteiger partial charge is 0.495 e. The van der Waals surface area contributed by atoms with Gasteiger partial charge < -0.3 is 41.8 Å². The fourth-order valence-corrected chi connectivity index (χ4v) is 5.35. The van der Waals surface area contributed by atoms with Crippen LogP contribution in [0.4, 0.5) is 5.69 Å². The molecule has 2 aromatic carbocycles. The molecule has 0 saturated carbocycles. The maximum Gasteiger partial charge on any atom is 0.195 e. The summed E-state index contributed by atoms with van der Waals surface area (Å²) in [6.07, 6.45) is 3.37. The summed E-state index contributed by atoms with van der Waals surface area (Å²) in [6, 6.07) is 13.7. The van der Waals surface area contributed by atoms with Crippen LogP contribution in [0, 0.1) is 0 Å². The second-order valence-electron chi connectivity index (χ2n) is 12.6. The zero-order valence-electron chi connectivity index (χ0n) is 33.3. The number of carbonyl (C=O) groups excluding carboxylic acids is 2. The van der Waals surface area contributed by atoms with Gasteiger partial charge in [0.1, 0.15) is 11.5 Å². The van der Waals surface area contributed by atoms with Crippen molar-refractivity contribution in [1.82, 2.24) is 16.0 Å². The van der Waals surface area contributed by atoms with E-state index in [-0.39, 0.29) is 11.6 Å². The first kappa shape index (κ1) is 50.5. The predicted molar refractivity (Wildman–Crippen MR) is 229 cm³/mol. The number of nitrogens with zero attached hydrogens (tertiary/aromatic N) is 2. The van der Waals surface area contributed by atoms with Gasteiger partial charge in [0.05, 0.1) is 24.3 Å². The fourth-order valence-electron chi connectivity index (χ4n) is 4.62. The molecule has 2 aromatic rings. The summed E-state index contributed by atoms with van der Waals surface area (Å²) >= 11 is 15.1. The van der Waals surface area contributed by atoms with Gasteiger partial charge >= 0.3 is 0 Å². The van der Waals surface area contributed by atoms with Gasteiger partial charge in [-0.2, -0.15) is 0 Å². The fraction of sp³-hybridized carbons (Fsp3) is 0.564.